The van der Waals surface area contributed by atoms with Gasteiger partial charge in [-0.3, -0.25) is 4.79 Å². The molecule has 2 heterocycles. The summed E-state index contributed by atoms with van der Waals surface area (Å²) in [6, 6.07) is 0. The summed E-state index contributed by atoms with van der Waals surface area (Å²) in [6.45, 7) is 5.92. The number of hydrogen-bond donors (Lipinski definition) is 0. The fourth-order valence-corrected chi connectivity index (χ4v) is 1.15. The molecule has 0 aliphatic carbocycles. The minimum Gasteiger partial charge on any atom is -0.462 e. The summed E-state index contributed by atoms with van der Waals surface area (Å²) in [7, 11) is 0. The highest BCUT2D eigenvalue weighted by molar-refractivity contribution is 9.08. The highest BCUT2D eigenvalue weighted by Crippen LogP contribution is 2.25. The summed E-state index contributed by atoms with van der Waals surface area (Å²) in [5.74, 6) is 1.16. The van der Waals surface area contributed by atoms with Gasteiger partial charge in [-0.05, 0) is 20.8 Å². The van der Waals surface area contributed by atoms with E-state index < -0.39 is 0 Å². The highest BCUT2D eigenvalue weighted by atomic mass is 79.9. The first-order valence-electron chi connectivity index (χ1n) is 4.24. The lowest BCUT2D eigenvalue weighted by Crippen LogP contribution is -2.17. The van der Waals surface area contributed by atoms with Gasteiger partial charge in [0.05, 0.1) is 0 Å². The third-order valence-corrected chi connectivity index (χ3v) is 2.10. The molecule has 78 valence electrons. The van der Waals surface area contributed by atoms with Gasteiger partial charge >= 0.3 is 0 Å². The molecule has 0 aromatic rings. The van der Waals surface area contributed by atoms with E-state index in [1.165, 1.54) is 5.56 Å². The van der Waals surface area contributed by atoms with Gasteiger partial charge in [0.15, 0.2) is 5.82 Å². The molecule has 0 saturated heterocycles. The fourth-order valence-electron chi connectivity index (χ4n) is 0.759. The number of fused-ring (bicyclic) bond motifs is 1. The molecule has 0 spiro atoms. The van der Waals surface area contributed by atoms with Gasteiger partial charge in [-0.15, -0.1) is 5.10 Å². The van der Waals surface area contributed by atoms with Gasteiger partial charge < -0.3 is 4.74 Å². The summed E-state index contributed by atoms with van der Waals surface area (Å²) in [6.07, 6.45) is 2.02. The van der Waals surface area contributed by atoms with E-state index in [-0.39, 0.29) is 5.60 Å². The standard InChI is InChI=1S/C5H10O2.C4H3BrN2/c1-5(2,3)7-4-6;5-1-3-2-7-4(3)6-7/h4H,1-3H3;2H,1H2. The number of rotatable bonds is 2. The Morgan fingerprint density at radius 2 is 2.29 bits per heavy atom. The number of carbonyl (C=O) groups is 1. The summed E-state index contributed by atoms with van der Waals surface area (Å²) in [5, 5.41) is 4.89. The van der Waals surface area contributed by atoms with E-state index in [4.69, 9.17) is 0 Å². The van der Waals surface area contributed by atoms with Gasteiger partial charge in [-0.2, -0.15) is 0 Å². The number of alkyl halides is 1. The van der Waals surface area contributed by atoms with Crippen LogP contribution in [-0.4, -0.2) is 21.9 Å². The van der Waals surface area contributed by atoms with Crippen molar-refractivity contribution in [1.29, 1.82) is 0 Å². The monoisotopic (exact) mass is 260 g/mol. The summed E-state index contributed by atoms with van der Waals surface area (Å²) >= 11 is 3.32. The van der Waals surface area contributed by atoms with Gasteiger partial charge in [0.25, 0.3) is 6.47 Å². The van der Waals surface area contributed by atoms with Crippen molar-refractivity contribution >= 4 is 22.4 Å². The molecule has 0 unspecified atom stereocenters. The van der Waals surface area contributed by atoms with Gasteiger partial charge in [0, 0.05) is 17.1 Å². The highest BCUT2D eigenvalue weighted by Gasteiger charge is 2.21. The molecule has 14 heavy (non-hydrogen) atoms. The van der Waals surface area contributed by atoms with Crippen molar-refractivity contribution in [3.8, 4) is 5.82 Å². The van der Waals surface area contributed by atoms with E-state index >= 15 is 0 Å². The topological polar surface area (TPSA) is 44.1 Å². The number of ether oxygens (including phenoxy) is 1. The number of carbonyl (C=O) groups excluding carboxylic acids is 1. The maximum Gasteiger partial charge on any atom is 0.293 e. The minimum absolute atomic E-state index is 0.318. The van der Waals surface area contributed by atoms with Gasteiger partial charge in [0.2, 0.25) is 0 Å². The van der Waals surface area contributed by atoms with Crippen LogP contribution in [0, 0.1) is 0 Å². The molecule has 0 aromatic carbocycles. The van der Waals surface area contributed by atoms with Crippen molar-refractivity contribution in [2.75, 3.05) is 0 Å². The third-order valence-electron chi connectivity index (χ3n) is 1.49. The van der Waals surface area contributed by atoms with E-state index in [9.17, 15) is 4.79 Å². The molecule has 2 rings (SSSR count). The van der Waals surface area contributed by atoms with E-state index in [0.29, 0.717) is 6.47 Å². The van der Waals surface area contributed by atoms with Crippen molar-refractivity contribution < 1.29 is 9.53 Å². The molecule has 2 aliphatic heterocycles. The average Bonchev–Trinajstić information content (AvgIpc) is 2.61. The Hall–Kier alpha value is -0.840. The van der Waals surface area contributed by atoms with E-state index in [1.807, 2.05) is 31.6 Å². The van der Waals surface area contributed by atoms with E-state index in [2.05, 4.69) is 25.8 Å². The number of hydrogen-bond acceptors (Lipinski definition) is 3. The molecule has 0 saturated carbocycles. The van der Waals surface area contributed by atoms with E-state index in [0.717, 1.165) is 11.1 Å². The van der Waals surface area contributed by atoms with Crippen molar-refractivity contribution in [1.82, 2.24) is 9.78 Å². The molecule has 0 N–H and O–H groups in total. The summed E-state index contributed by atoms with van der Waals surface area (Å²) < 4.78 is 6.42. The lowest BCUT2D eigenvalue weighted by atomic mass is 10.2. The Balaban J connectivity index is 0.000000140. The second-order valence-electron chi connectivity index (χ2n) is 3.88. The van der Waals surface area contributed by atoms with Gasteiger partial charge in [0.1, 0.15) is 5.60 Å². The number of halogens is 1. The van der Waals surface area contributed by atoms with Crippen molar-refractivity contribution in [2.45, 2.75) is 31.7 Å². The van der Waals surface area contributed by atoms with Crippen LogP contribution in [0.5, 0.6) is 0 Å². The quantitative estimate of drug-likeness (QED) is 0.613. The first kappa shape index (κ1) is 11.2. The smallest absolute Gasteiger partial charge is 0.293 e. The van der Waals surface area contributed by atoms with Gasteiger partial charge in [-0.1, -0.05) is 15.9 Å². The van der Waals surface area contributed by atoms with Crippen molar-refractivity contribution in [3.05, 3.63) is 11.8 Å². The Morgan fingerprint density at radius 1 is 1.64 bits per heavy atom. The summed E-state index contributed by atoms with van der Waals surface area (Å²) in [5.41, 5.74) is 1.00. The van der Waals surface area contributed by atoms with Crippen LogP contribution in [0.4, 0.5) is 0 Å². The van der Waals surface area contributed by atoms with Gasteiger partial charge in [-0.25, -0.2) is 4.68 Å². The second kappa shape index (κ2) is 4.13. The lowest BCUT2D eigenvalue weighted by Gasteiger charge is -2.14. The fraction of sp³-hybridized carbons (Fsp3) is 0.556. The Labute approximate surface area is 91.4 Å². The number of aromatic nitrogens is 2. The van der Waals surface area contributed by atoms with Crippen LogP contribution >= 0.6 is 15.9 Å². The maximum absolute atomic E-state index is 9.60. The lowest BCUT2D eigenvalue weighted by molar-refractivity contribution is -0.138. The summed E-state index contributed by atoms with van der Waals surface area (Å²) in [4.78, 5) is 9.60. The predicted octanol–water partition coefficient (Wildman–Crippen LogP) is 2.04. The maximum atomic E-state index is 9.60. The molecule has 0 bridgehead atoms. The van der Waals surface area contributed by atoms with Crippen LogP contribution in [-0.2, 0) is 14.9 Å². The van der Waals surface area contributed by atoms with Crippen molar-refractivity contribution in [3.63, 3.8) is 0 Å². The van der Waals surface area contributed by atoms with Crippen LogP contribution in [0.2, 0.25) is 0 Å². The minimum atomic E-state index is -0.318. The predicted molar refractivity (Wildman–Crippen MR) is 56.7 cm³/mol. The van der Waals surface area contributed by atoms with E-state index in [1.54, 1.807) is 0 Å². The molecule has 2 aliphatic rings. The SMILES string of the molecule is BrCc1cn2nc1-2.CC(C)(C)OC=O. The third kappa shape index (κ3) is 3.14. The molecule has 0 fully saturated rings. The molecular weight excluding hydrogens is 248 g/mol. The molecule has 0 atom stereocenters. The largest absolute Gasteiger partial charge is 0.462 e. The van der Waals surface area contributed by atoms with Crippen LogP contribution in [0.25, 0.3) is 5.82 Å². The first-order chi connectivity index (χ1) is 6.48. The zero-order valence-electron chi connectivity index (χ0n) is 8.45. The Kier molecular flexibility index (Phi) is 3.31. The Morgan fingerprint density at radius 3 is 2.36 bits per heavy atom. The first-order valence-corrected chi connectivity index (χ1v) is 5.36. The van der Waals surface area contributed by atoms with Crippen LogP contribution in [0.3, 0.4) is 0 Å². The molecule has 0 amide bonds. The molecule has 0 aromatic heterocycles. The number of nitrogens with zero attached hydrogens (tertiary/aromatic N) is 2. The molecule has 0 radical (unpaired) electrons. The molecular formula is C9H13BrN2O2. The normalized spacial score (nSPS) is 11.4. The van der Waals surface area contributed by atoms with Crippen molar-refractivity contribution in [2.24, 2.45) is 0 Å². The Bertz CT molecular complexity index is 328. The zero-order valence-corrected chi connectivity index (χ0v) is 10.0. The molecule has 5 heteroatoms. The van der Waals surface area contributed by atoms with Crippen LogP contribution in [0.1, 0.15) is 26.3 Å². The van der Waals surface area contributed by atoms with Crippen LogP contribution in [0.15, 0.2) is 6.20 Å². The molecule has 4 nitrogen and oxygen atoms in total. The van der Waals surface area contributed by atoms with Crippen LogP contribution < -0.4 is 0 Å². The second-order valence-corrected chi connectivity index (χ2v) is 4.44. The average molecular weight is 261 g/mol. The zero-order chi connectivity index (χ0) is 10.8.